The molecule has 2 aliphatic rings. The Labute approximate surface area is 167 Å². The van der Waals surface area contributed by atoms with Crippen molar-refractivity contribution in [2.75, 3.05) is 29.4 Å². The molecule has 2 radical (unpaired) electrons. The van der Waals surface area contributed by atoms with Gasteiger partial charge in [-0.25, -0.2) is 4.79 Å². The normalized spacial score (nSPS) is 19.2. The van der Waals surface area contributed by atoms with Gasteiger partial charge in [0, 0.05) is 24.3 Å². The Morgan fingerprint density at radius 1 is 1.14 bits per heavy atom. The smallest absolute Gasteiger partial charge is 0.414 e. The summed E-state index contributed by atoms with van der Waals surface area (Å²) >= 11 is 1.21. The van der Waals surface area contributed by atoms with Gasteiger partial charge >= 0.3 is 6.09 Å². The molecular weight excluding hydrogens is 377 g/mol. The van der Waals surface area contributed by atoms with E-state index in [-0.39, 0.29) is 18.4 Å². The Kier molecular flexibility index (Phi) is 5.08. The molecule has 7 nitrogen and oxygen atoms in total. The van der Waals surface area contributed by atoms with Crippen molar-refractivity contribution in [3.8, 4) is 0 Å². The van der Waals surface area contributed by atoms with E-state index in [1.165, 1.54) is 16.2 Å². The van der Waals surface area contributed by atoms with Crippen LogP contribution >= 0.6 is 11.3 Å². The van der Waals surface area contributed by atoms with Crippen LogP contribution in [0, 0.1) is 0 Å². The standard InChI is InChI=1S/C19H18BN3O4S/c20-16-8-7-15(28-16)18(25)21-10-14-11-23(19(26)27-14)13-5-3-12(4-6-13)22-9-1-2-17(22)24/h3-8,14H,1-2,9-11H2,(H,21,25)/t14-/m0/s1. The number of amides is 3. The molecular formula is C19H18BN3O4S. The molecule has 0 aliphatic carbocycles. The van der Waals surface area contributed by atoms with E-state index in [0.29, 0.717) is 28.3 Å². The second-order valence-electron chi connectivity index (χ2n) is 6.69. The van der Waals surface area contributed by atoms with Crippen molar-refractivity contribution >= 4 is 53.2 Å². The second-order valence-corrected chi connectivity index (χ2v) is 7.81. The minimum Gasteiger partial charge on any atom is -0.442 e. The van der Waals surface area contributed by atoms with Crippen LogP contribution in [0.4, 0.5) is 16.2 Å². The molecule has 1 aromatic heterocycles. The predicted molar refractivity (Wildman–Crippen MR) is 108 cm³/mol. The number of thiophene rings is 1. The first-order chi connectivity index (χ1) is 13.5. The van der Waals surface area contributed by atoms with Gasteiger partial charge in [0.1, 0.15) is 14.0 Å². The maximum absolute atomic E-state index is 12.2. The Morgan fingerprint density at radius 2 is 1.86 bits per heavy atom. The highest BCUT2D eigenvalue weighted by Crippen LogP contribution is 2.27. The second kappa shape index (κ2) is 7.67. The van der Waals surface area contributed by atoms with E-state index in [4.69, 9.17) is 12.6 Å². The van der Waals surface area contributed by atoms with Gasteiger partial charge < -0.3 is 15.0 Å². The number of ether oxygens (including phenoxy) is 1. The number of nitrogens with zero attached hydrogens (tertiary/aromatic N) is 2. The van der Waals surface area contributed by atoms with Crippen molar-refractivity contribution in [1.82, 2.24) is 5.32 Å². The van der Waals surface area contributed by atoms with Crippen LogP contribution in [0.3, 0.4) is 0 Å². The first-order valence-corrected chi connectivity index (χ1v) is 9.85. The number of hydrogen-bond donors (Lipinski definition) is 1. The molecule has 142 valence electrons. The highest BCUT2D eigenvalue weighted by Gasteiger charge is 2.33. The van der Waals surface area contributed by atoms with E-state index >= 15 is 0 Å². The quantitative estimate of drug-likeness (QED) is 0.777. The van der Waals surface area contributed by atoms with Crippen molar-refractivity contribution in [3.05, 3.63) is 41.3 Å². The number of benzene rings is 1. The lowest BCUT2D eigenvalue weighted by atomic mass is 10.1. The summed E-state index contributed by atoms with van der Waals surface area (Å²) in [5.41, 5.74) is 1.53. The molecule has 0 unspecified atom stereocenters. The summed E-state index contributed by atoms with van der Waals surface area (Å²) in [6, 6.07) is 10.6. The van der Waals surface area contributed by atoms with Crippen molar-refractivity contribution in [2.45, 2.75) is 18.9 Å². The summed E-state index contributed by atoms with van der Waals surface area (Å²) in [5.74, 6) is -0.118. The lowest BCUT2D eigenvalue weighted by Gasteiger charge is -2.18. The van der Waals surface area contributed by atoms with E-state index in [0.717, 1.165) is 18.7 Å². The van der Waals surface area contributed by atoms with Gasteiger partial charge in [-0.2, -0.15) is 0 Å². The molecule has 0 spiro atoms. The number of carbonyl (C=O) groups is 3. The minimum atomic E-state index is -0.454. The topological polar surface area (TPSA) is 79.0 Å². The Balaban J connectivity index is 1.35. The van der Waals surface area contributed by atoms with Gasteiger partial charge in [-0.05, 0) is 41.5 Å². The molecule has 1 atom stereocenters. The third-order valence-corrected chi connectivity index (χ3v) is 5.67. The third kappa shape index (κ3) is 3.75. The van der Waals surface area contributed by atoms with E-state index < -0.39 is 12.2 Å². The zero-order chi connectivity index (χ0) is 19.7. The van der Waals surface area contributed by atoms with E-state index in [2.05, 4.69) is 5.32 Å². The van der Waals surface area contributed by atoms with Gasteiger partial charge in [0.25, 0.3) is 5.91 Å². The van der Waals surface area contributed by atoms with E-state index in [1.807, 2.05) is 12.1 Å². The summed E-state index contributed by atoms with van der Waals surface area (Å²) in [6.45, 7) is 1.29. The highest BCUT2D eigenvalue weighted by atomic mass is 32.1. The Hall–Kier alpha value is -2.81. The fourth-order valence-corrected chi connectivity index (χ4v) is 4.03. The molecule has 0 saturated carbocycles. The largest absolute Gasteiger partial charge is 0.442 e. The van der Waals surface area contributed by atoms with Crippen LogP contribution in [0.2, 0.25) is 0 Å². The van der Waals surface area contributed by atoms with Crippen molar-refractivity contribution in [1.29, 1.82) is 0 Å². The molecule has 2 aromatic rings. The summed E-state index contributed by atoms with van der Waals surface area (Å²) in [7, 11) is 5.63. The van der Waals surface area contributed by atoms with Crippen LogP contribution in [-0.4, -0.2) is 51.5 Å². The zero-order valence-corrected chi connectivity index (χ0v) is 15.9. The number of carbonyl (C=O) groups excluding carboxylic acids is 3. The molecule has 1 aromatic carbocycles. The van der Waals surface area contributed by atoms with Crippen LogP contribution in [0.5, 0.6) is 0 Å². The SMILES string of the molecule is [B]c1ccc(C(=O)NC[C@H]2CN(c3ccc(N4CCCC4=O)cc3)C(=O)O2)s1. The van der Waals surface area contributed by atoms with Gasteiger partial charge in [-0.3, -0.25) is 14.5 Å². The number of anilines is 2. The van der Waals surface area contributed by atoms with Crippen molar-refractivity contribution in [2.24, 2.45) is 0 Å². The van der Waals surface area contributed by atoms with E-state index in [9.17, 15) is 14.4 Å². The summed E-state index contributed by atoms with van der Waals surface area (Å²) in [4.78, 5) is 39.9. The minimum absolute atomic E-state index is 0.122. The molecule has 1 N–H and O–H groups in total. The van der Waals surface area contributed by atoms with Crippen LogP contribution in [0.1, 0.15) is 22.5 Å². The van der Waals surface area contributed by atoms with Crippen LogP contribution in [0.25, 0.3) is 0 Å². The zero-order valence-electron chi connectivity index (χ0n) is 15.1. The molecule has 4 rings (SSSR count). The monoisotopic (exact) mass is 395 g/mol. The molecule has 2 saturated heterocycles. The molecule has 3 amide bonds. The molecule has 3 heterocycles. The number of hydrogen-bond acceptors (Lipinski definition) is 5. The molecule has 28 heavy (non-hydrogen) atoms. The predicted octanol–water partition coefficient (Wildman–Crippen LogP) is 1.42. The molecule has 2 fully saturated rings. The van der Waals surface area contributed by atoms with Gasteiger partial charge in [-0.15, -0.1) is 11.3 Å². The van der Waals surface area contributed by atoms with Gasteiger partial charge in [0.2, 0.25) is 5.91 Å². The number of cyclic esters (lactones) is 1. The van der Waals surface area contributed by atoms with Crippen molar-refractivity contribution in [3.63, 3.8) is 0 Å². The maximum atomic E-state index is 12.2. The lowest BCUT2D eigenvalue weighted by molar-refractivity contribution is -0.117. The first-order valence-electron chi connectivity index (χ1n) is 9.03. The summed E-state index contributed by atoms with van der Waals surface area (Å²) < 4.78 is 5.93. The van der Waals surface area contributed by atoms with Crippen LogP contribution in [0.15, 0.2) is 36.4 Å². The molecule has 0 bridgehead atoms. The maximum Gasteiger partial charge on any atom is 0.414 e. The first kappa shape index (κ1) is 18.6. The summed E-state index contributed by atoms with van der Waals surface area (Å²) in [5, 5.41) is 2.77. The molecule has 2 aliphatic heterocycles. The Bertz CT molecular complexity index is 914. The van der Waals surface area contributed by atoms with Crippen LogP contribution in [-0.2, 0) is 9.53 Å². The third-order valence-electron chi connectivity index (χ3n) is 4.76. The fraction of sp³-hybridized carbons (Fsp3) is 0.316. The molecule has 9 heteroatoms. The average molecular weight is 395 g/mol. The van der Waals surface area contributed by atoms with Gasteiger partial charge in [0.15, 0.2) is 0 Å². The number of nitrogens with one attached hydrogen (secondary N) is 1. The van der Waals surface area contributed by atoms with Crippen molar-refractivity contribution < 1.29 is 19.1 Å². The van der Waals surface area contributed by atoms with Crippen LogP contribution < -0.4 is 19.9 Å². The Morgan fingerprint density at radius 3 is 2.46 bits per heavy atom. The highest BCUT2D eigenvalue weighted by molar-refractivity contribution is 7.21. The van der Waals surface area contributed by atoms with Gasteiger partial charge in [-0.1, -0.05) is 6.07 Å². The average Bonchev–Trinajstić information content (AvgIpc) is 3.40. The summed E-state index contributed by atoms with van der Waals surface area (Å²) in [6.07, 6.45) is 0.550. The van der Waals surface area contributed by atoms with Gasteiger partial charge in [0.05, 0.1) is 18.0 Å². The lowest BCUT2D eigenvalue weighted by Crippen LogP contribution is -2.34. The van der Waals surface area contributed by atoms with E-state index in [1.54, 1.807) is 29.2 Å². The fourth-order valence-electron chi connectivity index (χ4n) is 3.34. The number of rotatable bonds is 5.